The largest absolute Gasteiger partial charge is 0.356 e. The maximum Gasteiger partial charge on any atom is 0.246 e. The summed E-state index contributed by atoms with van der Waals surface area (Å²) in [5, 5.41) is 8.55. The standard InChI is InChI=1S/C19H23FN4OS/c20-14-3-6-17(21-12-14)23-19(18(25)22-15-4-5-15)7-9-24(10-8-19)13-16-2-1-11-26-16/h1-3,6,11-12,15H,4-5,7-10,13H2,(H,21,23)(H,22,25). The zero-order valence-corrected chi connectivity index (χ0v) is 15.4. The fourth-order valence-corrected chi connectivity index (χ4v) is 4.12. The van der Waals surface area contributed by atoms with Crippen molar-refractivity contribution in [1.82, 2.24) is 15.2 Å². The van der Waals surface area contributed by atoms with Crippen molar-refractivity contribution in [3.05, 3.63) is 46.5 Å². The first-order valence-corrected chi connectivity index (χ1v) is 9.96. The lowest BCUT2D eigenvalue weighted by Crippen LogP contribution is -2.58. The fourth-order valence-electron chi connectivity index (χ4n) is 3.37. The first kappa shape index (κ1) is 17.4. The molecule has 3 heterocycles. The molecule has 0 spiro atoms. The van der Waals surface area contributed by atoms with Crippen LogP contribution in [-0.4, -0.2) is 40.5 Å². The molecule has 1 aliphatic carbocycles. The highest BCUT2D eigenvalue weighted by Crippen LogP contribution is 2.30. The molecule has 2 aromatic rings. The van der Waals surface area contributed by atoms with Gasteiger partial charge in [-0.1, -0.05) is 6.07 Å². The average Bonchev–Trinajstić information content (AvgIpc) is 3.31. The second kappa shape index (κ2) is 7.32. The van der Waals surface area contributed by atoms with Gasteiger partial charge in [0.25, 0.3) is 0 Å². The highest BCUT2D eigenvalue weighted by Gasteiger charge is 2.43. The predicted molar refractivity (Wildman–Crippen MR) is 101 cm³/mol. The molecule has 7 heteroatoms. The first-order chi connectivity index (χ1) is 12.6. The van der Waals surface area contributed by atoms with Gasteiger partial charge < -0.3 is 10.6 Å². The number of thiophene rings is 1. The summed E-state index contributed by atoms with van der Waals surface area (Å²) in [5.74, 6) is 0.212. The number of likely N-dealkylation sites (tertiary alicyclic amines) is 1. The van der Waals surface area contributed by atoms with E-state index in [1.54, 1.807) is 17.4 Å². The molecule has 2 aliphatic rings. The zero-order valence-electron chi connectivity index (χ0n) is 14.6. The molecule has 4 rings (SSSR count). The van der Waals surface area contributed by atoms with E-state index in [-0.39, 0.29) is 11.7 Å². The normalized spacial score (nSPS) is 19.9. The van der Waals surface area contributed by atoms with Gasteiger partial charge in [0.05, 0.1) is 6.20 Å². The van der Waals surface area contributed by atoms with E-state index in [2.05, 4.69) is 38.0 Å². The number of nitrogens with one attached hydrogen (secondary N) is 2. The van der Waals surface area contributed by atoms with Gasteiger partial charge in [0.1, 0.15) is 17.2 Å². The lowest BCUT2D eigenvalue weighted by molar-refractivity contribution is -0.127. The molecule has 0 atom stereocenters. The maximum atomic E-state index is 13.2. The number of nitrogens with zero attached hydrogens (tertiary/aromatic N) is 2. The van der Waals surface area contributed by atoms with Crippen molar-refractivity contribution in [1.29, 1.82) is 0 Å². The van der Waals surface area contributed by atoms with Crippen LogP contribution in [0.3, 0.4) is 0 Å². The highest BCUT2D eigenvalue weighted by molar-refractivity contribution is 7.09. The molecule has 0 radical (unpaired) electrons. The minimum atomic E-state index is -0.681. The lowest BCUT2D eigenvalue weighted by atomic mass is 9.86. The smallest absolute Gasteiger partial charge is 0.246 e. The van der Waals surface area contributed by atoms with Crippen LogP contribution in [0.15, 0.2) is 35.8 Å². The van der Waals surface area contributed by atoms with Crippen LogP contribution in [0.25, 0.3) is 0 Å². The Hall–Kier alpha value is -1.99. The Kier molecular flexibility index (Phi) is 4.91. The molecule has 2 aromatic heterocycles. The molecule has 138 valence electrons. The summed E-state index contributed by atoms with van der Waals surface area (Å²) in [4.78, 5) is 20.8. The van der Waals surface area contributed by atoms with Crippen LogP contribution in [-0.2, 0) is 11.3 Å². The molecule has 5 nitrogen and oxygen atoms in total. The van der Waals surface area contributed by atoms with E-state index in [1.807, 2.05) is 0 Å². The predicted octanol–water partition coefficient (Wildman–Crippen LogP) is 3.01. The van der Waals surface area contributed by atoms with Gasteiger partial charge in [-0.05, 0) is 49.3 Å². The third kappa shape index (κ3) is 4.04. The quantitative estimate of drug-likeness (QED) is 0.816. The number of rotatable bonds is 6. The third-order valence-electron chi connectivity index (χ3n) is 5.11. The second-order valence-electron chi connectivity index (χ2n) is 7.17. The van der Waals surface area contributed by atoms with E-state index in [0.29, 0.717) is 24.7 Å². The van der Waals surface area contributed by atoms with Crippen molar-refractivity contribution in [2.45, 2.75) is 43.8 Å². The number of piperidine rings is 1. The number of carbonyl (C=O) groups is 1. The summed E-state index contributed by atoms with van der Waals surface area (Å²) < 4.78 is 13.2. The van der Waals surface area contributed by atoms with Crippen molar-refractivity contribution in [3.63, 3.8) is 0 Å². The Bertz CT molecular complexity index is 737. The van der Waals surface area contributed by atoms with E-state index in [4.69, 9.17) is 0 Å². The molecule has 1 aliphatic heterocycles. The Morgan fingerprint density at radius 1 is 1.31 bits per heavy atom. The fraction of sp³-hybridized carbons (Fsp3) is 0.474. The average molecular weight is 374 g/mol. The van der Waals surface area contributed by atoms with Gasteiger partial charge in [0.2, 0.25) is 5.91 Å². The first-order valence-electron chi connectivity index (χ1n) is 9.08. The number of anilines is 1. The monoisotopic (exact) mass is 374 g/mol. The van der Waals surface area contributed by atoms with Gasteiger partial charge in [-0.25, -0.2) is 9.37 Å². The topological polar surface area (TPSA) is 57.3 Å². The molecular formula is C19H23FN4OS. The van der Waals surface area contributed by atoms with Crippen LogP contribution in [0.2, 0.25) is 0 Å². The molecule has 1 amide bonds. The summed E-state index contributed by atoms with van der Waals surface area (Å²) in [6, 6.07) is 7.49. The molecule has 0 unspecified atom stereocenters. The van der Waals surface area contributed by atoms with Gasteiger partial charge >= 0.3 is 0 Å². The summed E-state index contributed by atoms with van der Waals surface area (Å²) >= 11 is 1.76. The summed E-state index contributed by atoms with van der Waals surface area (Å²) in [7, 11) is 0. The summed E-state index contributed by atoms with van der Waals surface area (Å²) in [6.07, 6.45) is 4.70. The second-order valence-corrected chi connectivity index (χ2v) is 8.20. The van der Waals surface area contributed by atoms with E-state index in [1.165, 1.54) is 17.1 Å². The minimum Gasteiger partial charge on any atom is -0.356 e. The summed E-state index contributed by atoms with van der Waals surface area (Å²) in [5.41, 5.74) is -0.681. The SMILES string of the molecule is O=C(NC1CC1)C1(Nc2ccc(F)cn2)CCN(Cc2cccs2)CC1. The molecule has 0 bridgehead atoms. The van der Waals surface area contributed by atoms with Crippen LogP contribution in [0.4, 0.5) is 10.2 Å². The van der Waals surface area contributed by atoms with Crippen molar-refractivity contribution < 1.29 is 9.18 Å². The lowest BCUT2D eigenvalue weighted by Gasteiger charge is -2.41. The number of carbonyl (C=O) groups excluding carboxylic acids is 1. The van der Waals surface area contributed by atoms with Crippen molar-refractivity contribution >= 4 is 23.1 Å². The Labute approximate surface area is 156 Å². The Morgan fingerprint density at radius 3 is 2.73 bits per heavy atom. The van der Waals surface area contributed by atoms with Crippen molar-refractivity contribution in [2.75, 3.05) is 18.4 Å². The van der Waals surface area contributed by atoms with Crippen molar-refractivity contribution in [2.24, 2.45) is 0 Å². The maximum absolute atomic E-state index is 13.2. The molecular weight excluding hydrogens is 351 g/mol. The highest BCUT2D eigenvalue weighted by atomic mass is 32.1. The number of aromatic nitrogens is 1. The molecule has 1 saturated heterocycles. The molecule has 1 saturated carbocycles. The van der Waals surface area contributed by atoms with Gasteiger partial charge in [0.15, 0.2) is 0 Å². The molecule has 2 fully saturated rings. The Morgan fingerprint density at radius 2 is 2.12 bits per heavy atom. The Balaban J connectivity index is 1.46. The van der Waals surface area contributed by atoms with Crippen LogP contribution in [0.1, 0.15) is 30.6 Å². The minimum absolute atomic E-state index is 0.0434. The van der Waals surface area contributed by atoms with E-state index >= 15 is 0 Å². The molecule has 2 N–H and O–H groups in total. The van der Waals surface area contributed by atoms with Crippen molar-refractivity contribution in [3.8, 4) is 0 Å². The van der Waals surface area contributed by atoms with Gasteiger partial charge in [-0.2, -0.15) is 0 Å². The van der Waals surface area contributed by atoms with Crippen LogP contribution in [0, 0.1) is 5.82 Å². The number of halogens is 1. The molecule has 26 heavy (non-hydrogen) atoms. The molecule has 0 aromatic carbocycles. The van der Waals surface area contributed by atoms with Crippen LogP contribution >= 0.6 is 11.3 Å². The number of hydrogen-bond acceptors (Lipinski definition) is 5. The zero-order chi connectivity index (χ0) is 18.0. The van der Waals surface area contributed by atoms with Crippen LogP contribution in [0.5, 0.6) is 0 Å². The van der Waals surface area contributed by atoms with Gasteiger partial charge in [-0.15, -0.1) is 11.3 Å². The number of pyridine rings is 1. The van der Waals surface area contributed by atoms with Gasteiger partial charge in [-0.3, -0.25) is 9.69 Å². The van der Waals surface area contributed by atoms with Crippen LogP contribution < -0.4 is 10.6 Å². The van der Waals surface area contributed by atoms with E-state index in [0.717, 1.165) is 32.5 Å². The van der Waals surface area contributed by atoms with E-state index < -0.39 is 5.54 Å². The van der Waals surface area contributed by atoms with Gasteiger partial charge in [0, 0.05) is 30.6 Å². The summed E-state index contributed by atoms with van der Waals surface area (Å²) in [6.45, 7) is 2.60. The van der Waals surface area contributed by atoms with E-state index in [9.17, 15) is 9.18 Å². The number of amides is 1. The number of hydrogen-bond donors (Lipinski definition) is 2. The third-order valence-corrected chi connectivity index (χ3v) is 5.97.